The van der Waals surface area contributed by atoms with Gasteiger partial charge >= 0.3 is 0 Å². The summed E-state index contributed by atoms with van der Waals surface area (Å²) >= 11 is 0. The first-order valence-electron chi connectivity index (χ1n) is 4.92. The summed E-state index contributed by atoms with van der Waals surface area (Å²) in [7, 11) is 4.11. The molecule has 0 aromatic heterocycles. The first-order valence-corrected chi connectivity index (χ1v) is 4.92. The highest BCUT2D eigenvalue weighted by molar-refractivity contribution is 5.47. The second kappa shape index (κ2) is 3.98. The molecular formula is C11H16N2O. The van der Waals surface area contributed by atoms with Crippen LogP contribution in [0.1, 0.15) is 18.0 Å². The molecule has 14 heavy (non-hydrogen) atoms. The molecule has 0 radical (unpaired) electrons. The first kappa shape index (κ1) is 9.49. The van der Waals surface area contributed by atoms with E-state index >= 15 is 0 Å². The van der Waals surface area contributed by atoms with Gasteiger partial charge in [0, 0.05) is 19.8 Å². The van der Waals surface area contributed by atoms with Crippen molar-refractivity contribution in [3.63, 3.8) is 0 Å². The molecule has 1 saturated heterocycles. The lowest BCUT2D eigenvalue weighted by Gasteiger charge is -2.15. The molecule has 1 unspecified atom stereocenters. The van der Waals surface area contributed by atoms with E-state index < -0.39 is 0 Å². The molecule has 1 aromatic rings. The van der Waals surface area contributed by atoms with Gasteiger partial charge in [-0.3, -0.25) is 0 Å². The number of hydrogen-bond donors (Lipinski definition) is 1. The Bertz CT molecular complexity index is 306. The molecular weight excluding hydrogens is 176 g/mol. The molecule has 1 heterocycles. The fraction of sp³-hybridized carbons (Fsp3) is 0.455. The molecule has 3 heteroatoms. The highest BCUT2D eigenvalue weighted by Gasteiger charge is 2.17. The summed E-state index contributed by atoms with van der Waals surface area (Å²) in [5, 5.41) is 0. The van der Waals surface area contributed by atoms with Crippen molar-refractivity contribution in [2.24, 2.45) is 0 Å². The van der Waals surface area contributed by atoms with E-state index in [1.165, 1.54) is 11.3 Å². The molecule has 1 fully saturated rings. The normalized spacial score (nSPS) is 21.1. The minimum atomic E-state index is 0.356. The molecule has 1 N–H and O–H groups in total. The van der Waals surface area contributed by atoms with Crippen LogP contribution >= 0.6 is 0 Å². The maximum atomic E-state index is 5.15. The lowest BCUT2D eigenvalue weighted by Crippen LogP contribution is -2.13. The van der Waals surface area contributed by atoms with Gasteiger partial charge in [-0.1, -0.05) is 12.1 Å². The van der Waals surface area contributed by atoms with Gasteiger partial charge in [0.15, 0.2) is 0 Å². The van der Waals surface area contributed by atoms with E-state index in [0.717, 1.165) is 13.0 Å². The van der Waals surface area contributed by atoms with E-state index in [1.807, 2.05) is 0 Å². The predicted octanol–water partition coefficient (Wildman–Crippen LogP) is 1.72. The Balaban J connectivity index is 2.21. The van der Waals surface area contributed by atoms with Gasteiger partial charge in [-0.2, -0.15) is 5.48 Å². The number of hydroxylamine groups is 1. The maximum Gasteiger partial charge on any atom is 0.0701 e. The van der Waals surface area contributed by atoms with Crippen molar-refractivity contribution in [2.45, 2.75) is 12.5 Å². The number of anilines is 1. The summed E-state index contributed by atoms with van der Waals surface area (Å²) in [4.78, 5) is 7.26. The second-order valence-corrected chi connectivity index (χ2v) is 3.80. The molecule has 1 atom stereocenters. The van der Waals surface area contributed by atoms with Crippen LogP contribution in [0.15, 0.2) is 24.3 Å². The predicted molar refractivity (Wildman–Crippen MR) is 57.2 cm³/mol. The van der Waals surface area contributed by atoms with Gasteiger partial charge in [0.2, 0.25) is 0 Å². The van der Waals surface area contributed by atoms with Crippen molar-refractivity contribution in [1.29, 1.82) is 0 Å². The topological polar surface area (TPSA) is 24.5 Å². The molecule has 1 aliphatic heterocycles. The number of nitrogens with zero attached hydrogens (tertiary/aromatic N) is 1. The van der Waals surface area contributed by atoms with Crippen LogP contribution in [0.2, 0.25) is 0 Å². The van der Waals surface area contributed by atoms with E-state index in [1.54, 1.807) is 0 Å². The van der Waals surface area contributed by atoms with Gasteiger partial charge in [-0.05, 0) is 24.1 Å². The van der Waals surface area contributed by atoms with Gasteiger partial charge in [-0.15, -0.1) is 0 Å². The van der Waals surface area contributed by atoms with Crippen molar-refractivity contribution in [1.82, 2.24) is 5.48 Å². The molecule has 0 bridgehead atoms. The van der Waals surface area contributed by atoms with Crippen LogP contribution in [0.25, 0.3) is 0 Å². The number of rotatable bonds is 2. The van der Waals surface area contributed by atoms with Gasteiger partial charge in [-0.25, -0.2) is 0 Å². The third-order valence-electron chi connectivity index (χ3n) is 2.52. The lowest BCUT2D eigenvalue weighted by atomic mass is 10.0. The van der Waals surface area contributed by atoms with Crippen LogP contribution in [-0.2, 0) is 4.84 Å². The third-order valence-corrected chi connectivity index (χ3v) is 2.52. The average Bonchev–Trinajstić information content (AvgIpc) is 2.71. The van der Waals surface area contributed by atoms with E-state index in [0.29, 0.717) is 6.04 Å². The zero-order valence-electron chi connectivity index (χ0n) is 8.66. The zero-order valence-corrected chi connectivity index (χ0v) is 8.66. The Morgan fingerprint density at radius 1 is 1.43 bits per heavy atom. The molecule has 0 spiro atoms. The fourth-order valence-electron chi connectivity index (χ4n) is 1.65. The zero-order chi connectivity index (χ0) is 9.97. The molecule has 3 nitrogen and oxygen atoms in total. The number of benzene rings is 1. The van der Waals surface area contributed by atoms with Crippen LogP contribution in [0, 0.1) is 0 Å². The highest BCUT2D eigenvalue weighted by Crippen LogP contribution is 2.24. The van der Waals surface area contributed by atoms with Crippen molar-refractivity contribution in [2.75, 3.05) is 25.6 Å². The van der Waals surface area contributed by atoms with Gasteiger partial charge in [0.25, 0.3) is 0 Å². The molecule has 0 saturated carbocycles. The van der Waals surface area contributed by atoms with Crippen LogP contribution < -0.4 is 10.4 Å². The van der Waals surface area contributed by atoms with Gasteiger partial charge in [0.05, 0.1) is 12.6 Å². The Morgan fingerprint density at radius 2 is 2.29 bits per heavy atom. The molecule has 1 aliphatic rings. The summed E-state index contributed by atoms with van der Waals surface area (Å²) in [5.74, 6) is 0. The Morgan fingerprint density at radius 3 is 2.93 bits per heavy atom. The standard InChI is InChI=1S/C11H16N2O/c1-13(2)10-5-3-4-9(8-10)11-6-7-14-12-11/h3-5,8,11-12H,6-7H2,1-2H3. The highest BCUT2D eigenvalue weighted by atomic mass is 16.7. The van der Waals surface area contributed by atoms with E-state index in [9.17, 15) is 0 Å². The maximum absolute atomic E-state index is 5.15. The van der Waals surface area contributed by atoms with Crippen molar-refractivity contribution < 1.29 is 4.84 Å². The van der Waals surface area contributed by atoms with Crippen molar-refractivity contribution in [3.05, 3.63) is 29.8 Å². The number of hydrogen-bond acceptors (Lipinski definition) is 3. The Kier molecular flexibility index (Phi) is 2.70. The van der Waals surface area contributed by atoms with Crippen molar-refractivity contribution in [3.8, 4) is 0 Å². The Hall–Kier alpha value is -1.06. The van der Waals surface area contributed by atoms with Gasteiger partial charge in [0.1, 0.15) is 0 Å². The quantitative estimate of drug-likeness (QED) is 0.772. The van der Waals surface area contributed by atoms with E-state index in [4.69, 9.17) is 4.84 Å². The van der Waals surface area contributed by atoms with Crippen LogP contribution in [0.4, 0.5) is 5.69 Å². The first-order chi connectivity index (χ1) is 6.77. The fourth-order valence-corrected chi connectivity index (χ4v) is 1.65. The number of nitrogens with one attached hydrogen (secondary N) is 1. The van der Waals surface area contributed by atoms with Crippen LogP contribution in [0.3, 0.4) is 0 Å². The second-order valence-electron chi connectivity index (χ2n) is 3.80. The lowest BCUT2D eigenvalue weighted by molar-refractivity contribution is 0.0883. The summed E-state index contributed by atoms with van der Waals surface area (Å²) in [6.45, 7) is 0.802. The molecule has 0 aliphatic carbocycles. The van der Waals surface area contributed by atoms with Crippen LogP contribution in [-0.4, -0.2) is 20.7 Å². The summed E-state index contributed by atoms with van der Waals surface area (Å²) < 4.78 is 0. The van der Waals surface area contributed by atoms with Crippen molar-refractivity contribution >= 4 is 5.69 Å². The van der Waals surface area contributed by atoms with E-state index in [-0.39, 0.29) is 0 Å². The smallest absolute Gasteiger partial charge is 0.0701 e. The SMILES string of the molecule is CN(C)c1cccc(C2CCON2)c1. The summed E-state index contributed by atoms with van der Waals surface area (Å²) in [6.07, 6.45) is 1.05. The third kappa shape index (κ3) is 1.89. The summed E-state index contributed by atoms with van der Waals surface area (Å²) in [6, 6.07) is 8.89. The monoisotopic (exact) mass is 192 g/mol. The van der Waals surface area contributed by atoms with Gasteiger partial charge < -0.3 is 9.74 Å². The average molecular weight is 192 g/mol. The van der Waals surface area contributed by atoms with Crippen LogP contribution in [0.5, 0.6) is 0 Å². The van der Waals surface area contributed by atoms with E-state index in [2.05, 4.69) is 48.7 Å². The Labute approximate surface area is 84.6 Å². The minimum Gasteiger partial charge on any atom is -0.378 e. The molecule has 0 amide bonds. The molecule has 2 rings (SSSR count). The molecule has 76 valence electrons. The minimum absolute atomic E-state index is 0.356. The summed E-state index contributed by atoms with van der Waals surface area (Å²) in [5.41, 5.74) is 5.55. The molecule has 1 aromatic carbocycles. The largest absolute Gasteiger partial charge is 0.378 e.